The molecule has 2 aromatic carbocycles. The smallest absolute Gasteiger partial charge is 0.339 e. The lowest BCUT2D eigenvalue weighted by Crippen LogP contribution is -2.33. The molecule has 1 aliphatic heterocycles. The van der Waals surface area contributed by atoms with Crippen LogP contribution in [0.5, 0.6) is 0 Å². The number of aromatic nitrogens is 2. The number of amides is 1. The van der Waals surface area contributed by atoms with E-state index in [1.54, 1.807) is 6.92 Å². The molecular weight excluding hydrogens is 534 g/mol. The van der Waals surface area contributed by atoms with Gasteiger partial charge in [-0.05, 0) is 50.2 Å². The predicted octanol–water partition coefficient (Wildman–Crippen LogP) is 3.90. The number of esters is 1. The average molecular weight is 564 g/mol. The molecule has 0 spiro atoms. The molecule has 0 fully saturated rings. The van der Waals surface area contributed by atoms with E-state index in [2.05, 4.69) is 27.0 Å². The molecule has 3 heterocycles. The first kappa shape index (κ1) is 27.3. The molecule has 40 heavy (non-hydrogen) atoms. The standard InChI is InChI=1S/C28H29N5O6S/c1-3-13-33-14-12-24-22(16-33)27(21-6-4-5-7-23(21)30-24)28(35)38-17-26(34)29-19-8-10-20(11-9-19)40(36,37)32-25-15-18(2)39-31-25/h4-11,15H,3,12-14,16-17H2,1-2H3,(H,29,34)(H,31,32). The first-order valence-electron chi connectivity index (χ1n) is 12.9. The molecule has 0 saturated carbocycles. The maximum absolute atomic E-state index is 13.3. The summed E-state index contributed by atoms with van der Waals surface area (Å²) in [7, 11) is -3.89. The van der Waals surface area contributed by atoms with E-state index in [4.69, 9.17) is 14.2 Å². The fourth-order valence-electron chi connectivity index (χ4n) is 4.72. The molecule has 11 nitrogen and oxygen atoms in total. The van der Waals surface area contributed by atoms with Crippen LogP contribution in [0.1, 0.15) is 40.7 Å². The van der Waals surface area contributed by atoms with Crippen molar-refractivity contribution in [3.8, 4) is 0 Å². The van der Waals surface area contributed by atoms with Gasteiger partial charge < -0.3 is 14.6 Å². The average Bonchev–Trinajstić information content (AvgIpc) is 3.34. The van der Waals surface area contributed by atoms with Gasteiger partial charge in [-0.25, -0.2) is 13.2 Å². The van der Waals surface area contributed by atoms with Gasteiger partial charge in [-0.1, -0.05) is 30.3 Å². The zero-order valence-electron chi connectivity index (χ0n) is 22.1. The van der Waals surface area contributed by atoms with Gasteiger partial charge in [0.2, 0.25) is 0 Å². The normalized spacial score (nSPS) is 13.6. The quantitative estimate of drug-likeness (QED) is 0.290. The van der Waals surface area contributed by atoms with Crippen LogP contribution in [0.2, 0.25) is 0 Å². The Labute approximate surface area is 231 Å². The number of para-hydroxylation sites is 1. The summed E-state index contributed by atoms with van der Waals surface area (Å²) in [6, 6.07) is 14.4. The number of nitrogens with one attached hydrogen (secondary N) is 2. The third kappa shape index (κ3) is 5.97. The van der Waals surface area contributed by atoms with Crippen molar-refractivity contribution in [3.63, 3.8) is 0 Å². The van der Waals surface area contributed by atoms with E-state index in [1.165, 1.54) is 30.3 Å². The molecule has 5 rings (SSSR count). The largest absolute Gasteiger partial charge is 0.452 e. The highest BCUT2D eigenvalue weighted by molar-refractivity contribution is 7.92. The van der Waals surface area contributed by atoms with Crippen LogP contribution in [0.15, 0.2) is 64.0 Å². The van der Waals surface area contributed by atoms with E-state index in [-0.39, 0.29) is 10.7 Å². The Kier molecular flexibility index (Phi) is 7.81. The molecule has 2 aromatic heterocycles. The lowest BCUT2D eigenvalue weighted by atomic mass is 9.95. The first-order chi connectivity index (χ1) is 19.2. The van der Waals surface area contributed by atoms with E-state index in [0.717, 1.165) is 37.2 Å². The minimum Gasteiger partial charge on any atom is -0.452 e. The maximum Gasteiger partial charge on any atom is 0.339 e. The highest BCUT2D eigenvalue weighted by Crippen LogP contribution is 2.29. The number of carbonyl (C=O) groups excluding carboxylic acids is 2. The Morgan fingerprint density at radius 1 is 1.12 bits per heavy atom. The van der Waals surface area contributed by atoms with Crippen molar-refractivity contribution < 1.29 is 27.3 Å². The van der Waals surface area contributed by atoms with Gasteiger partial charge in [-0.15, -0.1) is 0 Å². The molecule has 0 aliphatic carbocycles. The Bertz CT molecular complexity index is 1670. The van der Waals surface area contributed by atoms with Gasteiger partial charge in [0, 0.05) is 47.9 Å². The van der Waals surface area contributed by atoms with Crippen molar-refractivity contribution in [3.05, 3.63) is 77.2 Å². The Hall–Kier alpha value is -4.29. The number of hydrogen-bond acceptors (Lipinski definition) is 9. The predicted molar refractivity (Wildman–Crippen MR) is 148 cm³/mol. The summed E-state index contributed by atoms with van der Waals surface area (Å²) in [5.41, 5.74) is 3.23. The number of sulfonamides is 1. The Morgan fingerprint density at radius 2 is 1.90 bits per heavy atom. The van der Waals surface area contributed by atoms with E-state index >= 15 is 0 Å². The van der Waals surface area contributed by atoms with Crippen LogP contribution in [0.4, 0.5) is 11.5 Å². The van der Waals surface area contributed by atoms with E-state index in [0.29, 0.717) is 34.5 Å². The van der Waals surface area contributed by atoms with Crippen LogP contribution >= 0.6 is 0 Å². The second-order valence-corrected chi connectivity index (χ2v) is 11.2. The van der Waals surface area contributed by atoms with Gasteiger partial charge >= 0.3 is 5.97 Å². The minimum absolute atomic E-state index is 0.0240. The highest BCUT2D eigenvalue weighted by atomic mass is 32.2. The van der Waals surface area contributed by atoms with Crippen molar-refractivity contribution in [1.82, 2.24) is 15.0 Å². The third-order valence-electron chi connectivity index (χ3n) is 6.52. The fraction of sp³-hybridized carbons (Fsp3) is 0.286. The molecule has 2 N–H and O–H groups in total. The lowest BCUT2D eigenvalue weighted by molar-refractivity contribution is -0.119. The van der Waals surface area contributed by atoms with Gasteiger partial charge in [0.25, 0.3) is 15.9 Å². The molecule has 1 aliphatic rings. The SMILES string of the molecule is CCCN1CCc2nc3ccccc3c(C(=O)OCC(=O)Nc3ccc(S(=O)(=O)Nc4cc(C)on4)cc3)c2C1. The van der Waals surface area contributed by atoms with Crippen molar-refractivity contribution >= 4 is 44.3 Å². The molecule has 0 atom stereocenters. The summed E-state index contributed by atoms with van der Waals surface area (Å²) >= 11 is 0. The number of carbonyl (C=O) groups is 2. The van der Waals surface area contributed by atoms with E-state index in [1.807, 2.05) is 24.3 Å². The summed E-state index contributed by atoms with van der Waals surface area (Å²) in [4.78, 5) is 33.0. The van der Waals surface area contributed by atoms with Crippen LogP contribution < -0.4 is 10.0 Å². The van der Waals surface area contributed by atoms with E-state index < -0.39 is 28.5 Å². The monoisotopic (exact) mass is 563 g/mol. The van der Waals surface area contributed by atoms with Crippen molar-refractivity contribution in [2.75, 3.05) is 29.7 Å². The zero-order chi connectivity index (χ0) is 28.3. The van der Waals surface area contributed by atoms with Crippen LogP contribution in [-0.4, -0.2) is 55.0 Å². The van der Waals surface area contributed by atoms with Gasteiger partial charge in [0.1, 0.15) is 5.76 Å². The number of anilines is 2. The number of fused-ring (bicyclic) bond motifs is 2. The molecule has 12 heteroatoms. The van der Waals surface area contributed by atoms with Gasteiger partial charge in [-0.3, -0.25) is 19.4 Å². The number of aryl methyl sites for hydroxylation is 1. The molecule has 0 bridgehead atoms. The molecule has 1 amide bonds. The third-order valence-corrected chi connectivity index (χ3v) is 7.89. The number of hydrogen-bond donors (Lipinski definition) is 2. The van der Waals surface area contributed by atoms with Crippen LogP contribution in [0, 0.1) is 6.92 Å². The number of ether oxygens (including phenoxy) is 1. The number of rotatable bonds is 9. The summed E-state index contributed by atoms with van der Waals surface area (Å²) in [6.45, 7) is 5.64. The molecule has 208 valence electrons. The van der Waals surface area contributed by atoms with E-state index in [9.17, 15) is 18.0 Å². The Morgan fingerprint density at radius 3 is 2.62 bits per heavy atom. The second-order valence-electron chi connectivity index (χ2n) is 9.53. The summed E-state index contributed by atoms with van der Waals surface area (Å²) in [6.07, 6.45) is 1.74. The second kappa shape index (κ2) is 11.4. The maximum atomic E-state index is 13.3. The van der Waals surface area contributed by atoms with Crippen LogP contribution in [0.25, 0.3) is 10.9 Å². The van der Waals surface area contributed by atoms with Crippen molar-refractivity contribution in [2.45, 2.75) is 38.1 Å². The highest BCUT2D eigenvalue weighted by Gasteiger charge is 2.27. The molecule has 0 saturated heterocycles. The molecule has 0 radical (unpaired) electrons. The number of nitrogens with zero attached hydrogens (tertiary/aromatic N) is 3. The summed E-state index contributed by atoms with van der Waals surface area (Å²) in [5.74, 6) is -0.608. The number of benzene rings is 2. The van der Waals surface area contributed by atoms with Crippen molar-refractivity contribution in [1.29, 1.82) is 0 Å². The Balaban J connectivity index is 1.26. The topological polar surface area (TPSA) is 144 Å². The molecule has 4 aromatic rings. The van der Waals surface area contributed by atoms with Crippen LogP contribution in [-0.2, 0) is 32.5 Å². The lowest BCUT2D eigenvalue weighted by Gasteiger charge is -2.29. The number of pyridine rings is 1. The zero-order valence-corrected chi connectivity index (χ0v) is 23.0. The molecular formula is C28H29N5O6S. The minimum atomic E-state index is -3.89. The van der Waals surface area contributed by atoms with Gasteiger partial charge in [-0.2, -0.15) is 0 Å². The van der Waals surface area contributed by atoms with Crippen molar-refractivity contribution in [2.24, 2.45) is 0 Å². The first-order valence-corrected chi connectivity index (χ1v) is 14.4. The summed E-state index contributed by atoms with van der Waals surface area (Å²) in [5, 5.41) is 6.94. The van der Waals surface area contributed by atoms with Gasteiger partial charge in [0.15, 0.2) is 12.4 Å². The fourth-order valence-corrected chi connectivity index (χ4v) is 5.70. The van der Waals surface area contributed by atoms with Crippen LogP contribution in [0.3, 0.4) is 0 Å². The van der Waals surface area contributed by atoms with Gasteiger partial charge in [0.05, 0.1) is 16.0 Å². The summed E-state index contributed by atoms with van der Waals surface area (Å²) < 4.78 is 37.8. The molecule has 0 unspecified atom stereocenters.